The summed E-state index contributed by atoms with van der Waals surface area (Å²) < 4.78 is 0. The fourth-order valence-corrected chi connectivity index (χ4v) is 8.01. The van der Waals surface area contributed by atoms with Crippen molar-refractivity contribution >= 4 is 32.3 Å². The van der Waals surface area contributed by atoms with Crippen LogP contribution in [0.15, 0.2) is 18.2 Å². The molecule has 4 aromatic carbocycles. The highest BCUT2D eigenvalue weighted by atomic mass is 14.3. The Hall–Kier alpha value is -2.08. The average molecular weight is 581 g/mol. The van der Waals surface area contributed by atoms with Crippen molar-refractivity contribution in [2.45, 2.75) is 177 Å². The fourth-order valence-electron chi connectivity index (χ4n) is 8.01. The summed E-state index contributed by atoms with van der Waals surface area (Å²) in [4.78, 5) is 0. The first-order chi connectivity index (χ1) is 21.0. The van der Waals surface area contributed by atoms with E-state index < -0.39 is 0 Å². The summed E-state index contributed by atoms with van der Waals surface area (Å²) in [6, 6.07) is 7.79. The van der Waals surface area contributed by atoms with Crippen molar-refractivity contribution in [3.63, 3.8) is 0 Å². The van der Waals surface area contributed by atoms with Crippen LogP contribution in [0.1, 0.15) is 169 Å². The van der Waals surface area contributed by atoms with Crippen LogP contribution in [0.25, 0.3) is 32.3 Å². The second-order valence-electron chi connectivity index (χ2n) is 14.0. The van der Waals surface area contributed by atoms with E-state index >= 15 is 0 Å². The molecule has 0 aliphatic heterocycles. The van der Waals surface area contributed by atoms with E-state index in [1.165, 1.54) is 140 Å². The molecule has 0 radical (unpaired) electrons. The molecule has 0 atom stereocenters. The normalized spacial score (nSPS) is 12.1. The first-order valence-corrected chi connectivity index (χ1v) is 18.7. The Morgan fingerprint density at radius 2 is 0.744 bits per heavy atom. The Morgan fingerprint density at radius 1 is 0.372 bits per heavy atom. The number of benzene rings is 4. The molecule has 0 spiro atoms. The second-order valence-corrected chi connectivity index (χ2v) is 14.0. The maximum absolute atomic E-state index is 2.61. The number of aryl methyl sites for hydroxylation is 7. The lowest BCUT2D eigenvalue weighted by atomic mass is 9.77. The Bertz CT molecular complexity index is 1420. The van der Waals surface area contributed by atoms with Crippen LogP contribution < -0.4 is 0 Å². The molecular formula is C43H64. The van der Waals surface area contributed by atoms with Crippen molar-refractivity contribution in [1.82, 2.24) is 0 Å². The monoisotopic (exact) mass is 581 g/mol. The number of unbranched alkanes of at least 4 members (excludes halogenated alkanes) is 12. The van der Waals surface area contributed by atoms with Gasteiger partial charge in [0.1, 0.15) is 0 Å². The maximum atomic E-state index is 2.61. The molecule has 0 heterocycles. The van der Waals surface area contributed by atoms with Crippen LogP contribution in [0.4, 0.5) is 0 Å². The fraction of sp³-hybridized carbons (Fsp3) is 0.628. The zero-order valence-electron chi connectivity index (χ0n) is 29.4. The van der Waals surface area contributed by atoms with E-state index in [-0.39, 0.29) is 0 Å². The van der Waals surface area contributed by atoms with Crippen LogP contribution in [-0.2, 0) is 25.7 Å². The van der Waals surface area contributed by atoms with Crippen LogP contribution in [0.2, 0.25) is 0 Å². The smallest absolute Gasteiger partial charge is 0.00180 e. The lowest BCUT2D eigenvalue weighted by molar-refractivity contribution is 0.653. The van der Waals surface area contributed by atoms with Crippen LogP contribution in [0.5, 0.6) is 0 Å². The number of hydrogen-bond donors (Lipinski definition) is 0. The Morgan fingerprint density at radius 3 is 1.16 bits per heavy atom. The molecule has 0 heteroatoms. The maximum Gasteiger partial charge on any atom is -0.00180 e. The van der Waals surface area contributed by atoms with Gasteiger partial charge in [-0.05, 0) is 143 Å². The molecule has 0 amide bonds. The predicted octanol–water partition coefficient (Wildman–Crippen LogP) is 14.0. The third-order valence-electron chi connectivity index (χ3n) is 10.5. The minimum absolute atomic E-state index is 1.24. The summed E-state index contributed by atoms with van der Waals surface area (Å²) in [7, 11) is 0. The van der Waals surface area contributed by atoms with E-state index in [1.54, 1.807) is 60.1 Å². The van der Waals surface area contributed by atoms with E-state index in [9.17, 15) is 0 Å². The summed E-state index contributed by atoms with van der Waals surface area (Å²) in [5.74, 6) is 0. The van der Waals surface area contributed by atoms with Gasteiger partial charge in [-0.15, -0.1) is 0 Å². The zero-order chi connectivity index (χ0) is 30.8. The molecule has 0 nitrogen and oxygen atoms in total. The lowest BCUT2D eigenvalue weighted by Crippen LogP contribution is -2.07. The van der Waals surface area contributed by atoms with E-state index in [2.05, 4.69) is 66.7 Å². The summed E-state index contributed by atoms with van der Waals surface area (Å²) in [5, 5.41) is 9.69. The molecule has 0 bridgehead atoms. The van der Waals surface area contributed by atoms with Crippen LogP contribution >= 0.6 is 0 Å². The van der Waals surface area contributed by atoms with Crippen molar-refractivity contribution < 1.29 is 0 Å². The van der Waals surface area contributed by atoms with Crippen molar-refractivity contribution in [2.24, 2.45) is 0 Å². The highest BCUT2D eigenvalue weighted by Crippen LogP contribution is 2.47. The summed E-state index contributed by atoms with van der Waals surface area (Å²) in [6.45, 7) is 16.6. The van der Waals surface area contributed by atoms with Crippen LogP contribution in [-0.4, -0.2) is 0 Å². The van der Waals surface area contributed by atoms with E-state index in [0.717, 1.165) is 0 Å². The molecule has 0 saturated carbocycles. The van der Waals surface area contributed by atoms with Gasteiger partial charge in [-0.25, -0.2) is 0 Å². The zero-order valence-corrected chi connectivity index (χ0v) is 29.4. The van der Waals surface area contributed by atoms with Gasteiger partial charge in [0.25, 0.3) is 0 Å². The Labute approximate surface area is 265 Å². The Kier molecular flexibility index (Phi) is 13.2. The van der Waals surface area contributed by atoms with Crippen molar-refractivity contribution in [3.05, 3.63) is 57.1 Å². The summed E-state index contributed by atoms with van der Waals surface area (Å²) in [5.41, 5.74) is 11.3. The van der Waals surface area contributed by atoms with Gasteiger partial charge in [0.15, 0.2) is 0 Å². The highest BCUT2D eigenvalue weighted by molar-refractivity contribution is 6.27. The van der Waals surface area contributed by atoms with Crippen LogP contribution in [0, 0.1) is 20.8 Å². The van der Waals surface area contributed by atoms with Gasteiger partial charge in [0, 0.05) is 0 Å². The highest BCUT2D eigenvalue weighted by Gasteiger charge is 2.24. The minimum atomic E-state index is 1.24. The van der Waals surface area contributed by atoms with E-state index in [1.807, 2.05) is 0 Å². The Balaban J connectivity index is 2.06. The van der Waals surface area contributed by atoms with Gasteiger partial charge in [-0.1, -0.05) is 123 Å². The molecule has 0 aliphatic rings. The SMILES string of the molecule is CCCCCCc1c(CCCCCC)c2cc(C)c(C)c3c(CCCCCC)c(CCCCCC)c4cc(C)cc1c4c23. The average Bonchev–Trinajstić information content (AvgIpc) is 2.99. The molecule has 0 saturated heterocycles. The molecule has 0 fully saturated rings. The molecule has 0 aliphatic carbocycles. The topological polar surface area (TPSA) is 0 Å². The number of rotatable bonds is 20. The molecule has 0 unspecified atom stereocenters. The summed E-state index contributed by atoms with van der Waals surface area (Å²) >= 11 is 0. The van der Waals surface area contributed by atoms with Gasteiger partial charge in [0.2, 0.25) is 0 Å². The van der Waals surface area contributed by atoms with Gasteiger partial charge in [-0.2, -0.15) is 0 Å². The quantitative estimate of drug-likeness (QED) is 0.0720. The van der Waals surface area contributed by atoms with Gasteiger partial charge < -0.3 is 0 Å². The standard InChI is InChI=1S/C43H64/c1-8-12-16-20-24-34-35(25-21-17-13-9-2)40-30-32(6)33(7)41-37(27-23-19-15-11-4)36(26-22-18-14-10-3)39-29-31(5)28-38(34)42(39)43(40)41/h28-30H,8-27H2,1-7H3. The van der Waals surface area contributed by atoms with Gasteiger partial charge in [0.05, 0.1) is 0 Å². The van der Waals surface area contributed by atoms with Gasteiger partial charge >= 0.3 is 0 Å². The van der Waals surface area contributed by atoms with Gasteiger partial charge in [-0.3, -0.25) is 0 Å². The predicted molar refractivity (Wildman–Crippen MR) is 196 cm³/mol. The third-order valence-corrected chi connectivity index (χ3v) is 10.5. The van der Waals surface area contributed by atoms with Crippen molar-refractivity contribution in [3.8, 4) is 0 Å². The lowest BCUT2D eigenvalue weighted by Gasteiger charge is -2.27. The molecule has 0 aromatic heterocycles. The molecular weight excluding hydrogens is 516 g/mol. The molecule has 4 rings (SSSR count). The third kappa shape index (κ3) is 7.78. The van der Waals surface area contributed by atoms with Crippen molar-refractivity contribution in [2.75, 3.05) is 0 Å². The van der Waals surface area contributed by atoms with E-state index in [4.69, 9.17) is 0 Å². The molecule has 236 valence electrons. The molecule has 4 aromatic rings. The first-order valence-electron chi connectivity index (χ1n) is 18.7. The minimum Gasteiger partial charge on any atom is -0.0654 e. The summed E-state index contributed by atoms with van der Waals surface area (Å²) in [6.07, 6.45) is 26.3. The largest absolute Gasteiger partial charge is 0.0654 e. The first kappa shape index (κ1) is 33.8. The molecule has 43 heavy (non-hydrogen) atoms. The van der Waals surface area contributed by atoms with Crippen molar-refractivity contribution in [1.29, 1.82) is 0 Å². The number of hydrogen-bond acceptors (Lipinski definition) is 0. The van der Waals surface area contributed by atoms with Crippen LogP contribution in [0.3, 0.4) is 0 Å². The van der Waals surface area contributed by atoms with E-state index in [0.29, 0.717) is 0 Å². The second kappa shape index (κ2) is 16.8. The molecule has 0 N–H and O–H groups in total.